The van der Waals surface area contributed by atoms with E-state index < -0.39 is 10.0 Å². The normalized spacial score (nSPS) is 17.7. The Morgan fingerprint density at radius 1 is 1.24 bits per heavy atom. The number of nitrogens with zero attached hydrogens (tertiary/aromatic N) is 1. The molecule has 0 aromatic heterocycles. The molecule has 1 aliphatic rings. The fraction of sp³-hybridized carbons (Fsp3) is 0.600. The van der Waals surface area contributed by atoms with E-state index in [1.54, 1.807) is 12.1 Å². The van der Waals surface area contributed by atoms with E-state index >= 15 is 0 Å². The molecule has 0 saturated heterocycles. The molecule has 6 heteroatoms. The van der Waals surface area contributed by atoms with Crippen LogP contribution in [0.1, 0.15) is 24.8 Å². The van der Waals surface area contributed by atoms with Crippen LogP contribution < -0.4 is 10.0 Å². The number of hydrogen-bond donors (Lipinski definition) is 2. The lowest BCUT2D eigenvalue weighted by molar-refractivity contribution is 0.0656. The van der Waals surface area contributed by atoms with E-state index in [9.17, 15) is 8.42 Å². The Balaban J connectivity index is 2.15. The van der Waals surface area contributed by atoms with Crippen LogP contribution in [0.4, 0.5) is 0 Å². The van der Waals surface area contributed by atoms with Crippen molar-refractivity contribution < 1.29 is 8.42 Å². The zero-order valence-electron chi connectivity index (χ0n) is 13.0. The van der Waals surface area contributed by atoms with Gasteiger partial charge in [-0.25, -0.2) is 13.1 Å². The summed E-state index contributed by atoms with van der Waals surface area (Å²) >= 11 is 0. The number of rotatable bonds is 7. The summed E-state index contributed by atoms with van der Waals surface area (Å²) in [5.74, 6) is 0. The first-order valence-electron chi connectivity index (χ1n) is 7.31. The number of hydrogen-bond acceptors (Lipinski definition) is 4. The van der Waals surface area contributed by atoms with Gasteiger partial charge in [0.25, 0.3) is 0 Å². The van der Waals surface area contributed by atoms with Gasteiger partial charge in [0.2, 0.25) is 10.0 Å². The minimum Gasteiger partial charge on any atom is -0.316 e. The molecule has 5 nitrogen and oxygen atoms in total. The quantitative estimate of drug-likeness (QED) is 0.793. The highest BCUT2D eigenvalue weighted by molar-refractivity contribution is 7.89. The fourth-order valence-corrected chi connectivity index (χ4v) is 4.13. The van der Waals surface area contributed by atoms with E-state index in [-0.39, 0.29) is 5.54 Å². The standard InChI is InChI=1S/C15H25N3O2S/c1-16-11-13-7-4-5-8-14(13)21(19,20)17-12-15(18(2)3)9-6-10-15/h4-5,7-8,16-17H,6,9-12H2,1-3H3. The zero-order valence-corrected chi connectivity index (χ0v) is 13.8. The second-order valence-corrected chi connectivity index (χ2v) is 7.67. The molecular formula is C15H25N3O2S. The van der Waals surface area contributed by atoms with Crippen LogP contribution in [0, 0.1) is 0 Å². The Hall–Kier alpha value is -0.950. The van der Waals surface area contributed by atoms with Crippen molar-refractivity contribution in [2.45, 2.75) is 36.2 Å². The van der Waals surface area contributed by atoms with Gasteiger partial charge in [-0.1, -0.05) is 18.2 Å². The molecule has 2 N–H and O–H groups in total. The van der Waals surface area contributed by atoms with Gasteiger partial charge in [-0.2, -0.15) is 0 Å². The maximum atomic E-state index is 12.6. The largest absolute Gasteiger partial charge is 0.316 e. The van der Waals surface area contributed by atoms with Crippen LogP contribution in [-0.2, 0) is 16.6 Å². The third-order valence-corrected chi connectivity index (χ3v) is 5.96. The fourth-order valence-electron chi connectivity index (χ4n) is 2.78. The van der Waals surface area contributed by atoms with Crippen molar-refractivity contribution in [2.24, 2.45) is 0 Å². The van der Waals surface area contributed by atoms with Gasteiger partial charge in [0.15, 0.2) is 0 Å². The van der Waals surface area contributed by atoms with Crippen molar-refractivity contribution >= 4 is 10.0 Å². The number of nitrogens with one attached hydrogen (secondary N) is 2. The molecule has 0 unspecified atom stereocenters. The van der Waals surface area contributed by atoms with Crippen LogP contribution >= 0.6 is 0 Å². The van der Waals surface area contributed by atoms with Crippen LogP contribution in [0.3, 0.4) is 0 Å². The maximum absolute atomic E-state index is 12.6. The zero-order chi connectivity index (χ0) is 15.5. The Morgan fingerprint density at radius 2 is 1.90 bits per heavy atom. The second-order valence-electron chi connectivity index (χ2n) is 5.93. The summed E-state index contributed by atoms with van der Waals surface area (Å²) in [6.45, 7) is 1.01. The van der Waals surface area contributed by atoms with Gasteiger partial charge < -0.3 is 10.2 Å². The van der Waals surface area contributed by atoms with Crippen molar-refractivity contribution in [3.63, 3.8) is 0 Å². The van der Waals surface area contributed by atoms with Gasteiger partial charge >= 0.3 is 0 Å². The predicted octanol–water partition coefficient (Wildman–Crippen LogP) is 1.17. The molecule has 0 amide bonds. The molecule has 0 heterocycles. The molecule has 118 valence electrons. The van der Waals surface area contributed by atoms with Crippen LogP contribution in [0.25, 0.3) is 0 Å². The van der Waals surface area contributed by atoms with Gasteiger partial charge in [0.1, 0.15) is 0 Å². The van der Waals surface area contributed by atoms with E-state index in [1.807, 2.05) is 33.3 Å². The maximum Gasteiger partial charge on any atom is 0.240 e. The number of sulfonamides is 1. The Morgan fingerprint density at radius 3 is 2.43 bits per heavy atom. The number of likely N-dealkylation sites (N-methyl/N-ethyl adjacent to an activating group) is 1. The molecule has 0 radical (unpaired) electrons. The van der Waals surface area contributed by atoms with Crippen LogP contribution in [0.15, 0.2) is 29.2 Å². The highest BCUT2D eigenvalue weighted by Crippen LogP contribution is 2.35. The smallest absolute Gasteiger partial charge is 0.240 e. The predicted molar refractivity (Wildman–Crippen MR) is 84.7 cm³/mol. The summed E-state index contributed by atoms with van der Waals surface area (Å²) in [7, 11) is 2.37. The average molecular weight is 311 g/mol. The molecule has 0 bridgehead atoms. The van der Waals surface area contributed by atoms with E-state index in [2.05, 4.69) is 14.9 Å². The summed E-state index contributed by atoms with van der Waals surface area (Å²) in [5.41, 5.74) is 0.769. The first-order valence-corrected chi connectivity index (χ1v) is 8.79. The van der Waals surface area contributed by atoms with Crippen LogP contribution in [0.5, 0.6) is 0 Å². The molecule has 2 rings (SSSR count). The topological polar surface area (TPSA) is 61.4 Å². The highest BCUT2D eigenvalue weighted by atomic mass is 32.2. The third kappa shape index (κ3) is 3.45. The lowest BCUT2D eigenvalue weighted by Crippen LogP contribution is -2.57. The summed E-state index contributed by atoms with van der Waals surface area (Å²) in [6.07, 6.45) is 3.25. The monoisotopic (exact) mass is 311 g/mol. The minimum absolute atomic E-state index is 0.0228. The Bertz CT molecular complexity index is 580. The first kappa shape index (κ1) is 16.4. The van der Waals surface area contributed by atoms with E-state index in [0.29, 0.717) is 18.0 Å². The SMILES string of the molecule is CNCc1ccccc1S(=O)(=O)NCC1(N(C)C)CCC1. The van der Waals surface area contributed by atoms with Gasteiger partial charge in [-0.05, 0) is 52.0 Å². The molecular weight excluding hydrogens is 286 g/mol. The van der Waals surface area contributed by atoms with Gasteiger partial charge in [0, 0.05) is 18.6 Å². The minimum atomic E-state index is -3.47. The van der Waals surface area contributed by atoms with E-state index in [1.165, 1.54) is 0 Å². The van der Waals surface area contributed by atoms with Crippen molar-refractivity contribution in [1.82, 2.24) is 14.9 Å². The first-order chi connectivity index (χ1) is 9.91. The molecule has 0 aliphatic heterocycles. The highest BCUT2D eigenvalue weighted by Gasteiger charge is 2.39. The lowest BCUT2D eigenvalue weighted by atomic mass is 9.76. The molecule has 1 aromatic carbocycles. The van der Waals surface area contributed by atoms with Crippen LogP contribution in [-0.4, -0.2) is 46.5 Å². The summed E-state index contributed by atoms with van der Waals surface area (Å²) < 4.78 is 28.0. The average Bonchev–Trinajstić information content (AvgIpc) is 2.37. The second kappa shape index (κ2) is 6.44. The van der Waals surface area contributed by atoms with E-state index in [0.717, 1.165) is 24.8 Å². The van der Waals surface area contributed by atoms with Crippen molar-refractivity contribution in [1.29, 1.82) is 0 Å². The van der Waals surface area contributed by atoms with Crippen LogP contribution in [0.2, 0.25) is 0 Å². The molecule has 0 atom stereocenters. The van der Waals surface area contributed by atoms with Crippen molar-refractivity contribution in [2.75, 3.05) is 27.7 Å². The molecule has 21 heavy (non-hydrogen) atoms. The van der Waals surface area contributed by atoms with Crippen molar-refractivity contribution in [3.8, 4) is 0 Å². The summed E-state index contributed by atoms with van der Waals surface area (Å²) in [4.78, 5) is 2.51. The van der Waals surface area contributed by atoms with Crippen molar-refractivity contribution in [3.05, 3.63) is 29.8 Å². The molecule has 1 aromatic rings. The lowest BCUT2D eigenvalue weighted by Gasteiger charge is -2.47. The van der Waals surface area contributed by atoms with Gasteiger partial charge in [-0.3, -0.25) is 0 Å². The Labute approximate surface area is 127 Å². The summed E-state index contributed by atoms with van der Waals surface area (Å²) in [6, 6.07) is 7.13. The van der Waals surface area contributed by atoms with Gasteiger partial charge in [-0.15, -0.1) is 0 Å². The summed E-state index contributed by atoms with van der Waals surface area (Å²) in [5, 5.41) is 3.01. The van der Waals surface area contributed by atoms with E-state index in [4.69, 9.17) is 0 Å². The Kier molecular flexibility index (Phi) is 5.03. The number of benzene rings is 1. The third-order valence-electron chi connectivity index (χ3n) is 4.45. The molecule has 1 aliphatic carbocycles. The molecule has 0 spiro atoms. The molecule has 1 saturated carbocycles. The molecule has 1 fully saturated rings. The van der Waals surface area contributed by atoms with Gasteiger partial charge in [0.05, 0.1) is 4.90 Å².